The summed E-state index contributed by atoms with van der Waals surface area (Å²) in [6.45, 7) is 4.16. The Kier molecular flexibility index (Phi) is 52.3. The van der Waals surface area contributed by atoms with Gasteiger partial charge in [-0.05, 0) is 44.9 Å². The quantitative estimate of drug-likeness (QED) is 0.0374. The fourth-order valence-electron chi connectivity index (χ4n) is 8.53. The van der Waals surface area contributed by atoms with E-state index in [-0.39, 0.29) is 25.2 Å². The van der Waals surface area contributed by atoms with Crippen LogP contribution >= 0.6 is 0 Å². The van der Waals surface area contributed by atoms with Crippen molar-refractivity contribution in [1.29, 1.82) is 0 Å². The molecule has 62 heavy (non-hydrogen) atoms. The van der Waals surface area contributed by atoms with Crippen LogP contribution in [0.15, 0.2) is 24.3 Å². The molecule has 0 aromatic heterocycles. The molecule has 0 rings (SSSR count). The normalized spacial score (nSPS) is 12.2. The Bertz CT molecular complexity index is 943. The van der Waals surface area contributed by atoms with E-state index in [0.717, 1.165) is 44.9 Å². The molecule has 5 nitrogen and oxygen atoms in total. The third-order valence-corrected chi connectivity index (χ3v) is 12.7. The second kappa shape index (κ2) is 53.7. The number of carbonyl (C=O) groups excluding carboxylic acids is 2. The third kappa shape index (κ3) is 51.0. The molecule has 0 saturated carbocycles. The lowest BCUT2D eigenvalue weighted by Gasteiger charge is -2.15. The van der Waals surface area contributed by atoms with Gasteiger partial charge in [0.05, 0.1) is 6.61 Å². The predicted octanol–water partition coefficient (Wildman–Crippen LogP) is 18.5. The van der Waals surface area contributed by atoms with Gasteiger partial charge >= 0.3 is 11.9 Å². The molecule has 0 aromatic rings. The molecular weight excluding hydrogens is 765 g/mol. The molecule has 0 radical (unpaired) electrons. The fourth-order valence-corrected chi connectivity index (χ4v) is 8.53. The number of allylic oxidation sites excluding steroid dienone is 4. The molecule has 0 aromatic carbocycles. The number of carbonyl (C=O) groups is 2. The maximum absolute atomic E-state index is 12.3. The fraction of sp³-hybridized carbons (Fsp3) is 0.895. The highest BCUT2D eigenvalue weighted by Gasteiger charge is 2.16. The van der Waals surface area contributed by atoms with E-state index in [9.17, 15) is 14.7 Å². The Balaban J connectivity index is 3.41. The van der Waals surface area contributed by atoms with E-state index < -0.39 is 6.10 Å². The standard InChI is InChI=1S/C57H108O5/c1-3-5-7-9-11-13-15-17-19-21-23-24-25-26-27-28-29-30-31-32-33-34-36-37-39-41-43-45-47-49-51-56(59)61-54-55(53-58)62-57(60)52-50-48-46-44-42-40-38-35-22-20-18-16-14-12-10-8-6-4-2/h14,16,20,22,55,58H,3-13,15,17-19,21,23-54H2,1-2H3/b16-14-,22-20-. The maximum atomic E-state index is 12.3. The first-order chi connectivity index (χ1) is 30.6. The van der Waals surface area contributed by atoms with E-state index in [1.807, 2.05) is 0 Å². The van der Waals surface area contributed by atoms with Crippen molar-refractivity contribution in [2.75, 3.05) is 13.2 Å². The van der Waals surface area contributed by atoms with Crippen LogP contribution in [-0.4, -0.2) is 36.4 Å². The summed E-state index contributed by atoms with van der Waals surface area (Å²) >= 11 is 0. The summed E-state index contributed by atoms with van der Waals surface area (Å²) in [7, 11) is 0. The Hall–Kier alpha value is -1.62. The third-order valence-electron chi connectivity index (χ3n) is 12.7. The van der Waals surface area contributed by atoms with Crippen molar-refractivity contribution in [3.8, 4) is 0 Å². The minimum atomic E-state index is -0.773. The predicted molar refractivity (Wildman–Crippen MR) is 270 cm³/mol. The van der Waals surface area contributed by atoms with Crippen molar-refractivity contribution >= 4 is 11.9 Å². The van der Waals surface area contributed by atoms with Gasteiger partial charge in [0, 0.05) is 12.8 Å². The van der Waals surface area contributed by atoms with Crippen LogP contribution in [-0.2, 0) is 19.1 Å². The Morgan fingerprint density at radius 1 is 0.371 bits per heavy atom. The van der Waals surface area contributed by atoms with Crippen LogP contribution in [0, 0.1) is 0 Å². The highest BCUT2D eigenvalue weighted by Crippen LogP contribution is 2.17. The van der Waals surface area contributed by atoms with Crippen LogP contribution in [0.3, 0.4) is 0 Å². The van der Waals surface area contributed by atoms with E-state index in [1.165, 1.54) is 238 Å². The van der Waals surface area contributed by atoms with Gasteiger partial charge in [-0.25, -0.2) is 0 Å². The first-order valence-corrected chi connectivity index (χ1v) is 27.9. The van der Waals surface area contributed by atoms with E-state index in [1.54, 1.807) is 0 Å². The average molecular weight is 873 g/mol. The van der Waals surface area contributed by atoms with Gasteiger partial charge in [0.2, 0.25) is 0 Å². The van der Waals surface area contributed by atoms with Gasteiger partial charge in [-0.3, -0.25) is 9.59 Å². The Labute approximate surface area is 387 Å². The van der Waals surface area contributed by atoms with Crippen LogP contribution in [0.2, 0.25) is 0 Å². The maximum Gasteiger partial charge on any atom is 0.306 e. The molecule has 5 heteroatoms. The minimum Gasteiger partial charge on any atom is -0.462 e. The molecule has 0 aliphatic heterocycles. The van der Waals surface area contributed by atoms with E-state index >= 15 is 0 Å². The summed E-state index contributed by atoms with van der Waals surface area (Å²) in [6.07, 6.45) is 67.3. The molecule has 1 atom stereocenters. The molecule has 1 unspecified atom stereocenters. The van der Waals surface area contributed by atoms with Gasteiger partial charge < -0.3 is 14.6 Å². The Morgan fingerprint density at radius 3 is 0.968 bits per heavy atom. The molecule has 0 amide bonds. The van der Waals surface area contributed by atoms with Crippen molar-refractivity contribution in [2.24, 2.45) is 0 Å². The summed E-state index contributed by atoms with van der Waals surface area (Å²) in [5.74, 6) is -0.583. The van der Waals surface area contributed by atoms with Crippen molar-refractivity contribution < 1.29 is 24.2 Å². The van der Waals surface area contributed by atoms with E-state index in [4.69, 9.17) is 9.47 Å². The molecule has 1 N–H and O–H groups in total. The molecule has 0 spiro atoms. The zero-order valence-corrected chi connectivity index (χ0v) is 41.9. The second-order valence-corrected chi connectivity index (χ2v) is 19.0. The first-order valence-electron chi connectivity index (χ1n) is 27.9. The number of aliphatic hydroxyl groups is 1. The lowest BCUT2D eigenvalue weighted by molar-refractivity contribution is -0.161. The zero-order chi connectivity index (χ0) is 44.9. The monoisotopic (exact) mass is 873 g/mol. The zero-order valence-electron chi connectivity index (χ0n) is 41.9. The topological polar surface area (TPSA) is 72.8 Å². The summed E-state index contributed by atoms with van der Waals surface area (Å²) in [5.41, 5.74) is 0. The van der Waals surface area contributed by atoms with Gasteiger partial charge in [-0.15, -0.1) is 0 Å². The number of aliphatic hydroxyl groups excluding tert-OH is 1. The lowest BCUT2D eigenvalue weighted by Crippen LogP contribution is -2.28. The van der Waals surface area contributed by atoms with Crippen LogP contribution in [0.25, 0.3) is 0 Å². The van der Waals surface area contributed by atoms with Crippen LogP contribution in [0.4, 0.5) is 0 Å². The van der Waals surface area contributed by atoms with Gasteiger partial charge in [0.15, 0.2) is 6.10 Å². The van der Waals surface area contributed by atoms with Crippen LogP contribution in [0.1, 0.15) is 309 Å². The number of rotatable bonds is 52. The highest BCUT2D eigenvalue weighted by atomic mass is 16.6. The van der Waals surface area contributed by atoms with Crippen molar-refractivity contribution in [1.82, 2.24) is 0 Å². The lowest BCUT2D eigenvalue weighted by atomic mass is 10.0. The largest absolute Gasteiger partial charge is 0.462 e. The minimum absolute atomic E-state index is 0.0638. The van der Waals surface area contributed by atoms with Gasteiger partial charge in [-0.2, -0.15) is 0 Å². The number of ether oxygens (including phenoxy) is 2. The molecule has 0 heterocycles. The van der Waals surface area contributed by atoms with Crippen LogP contribution < -0.4 is 0 Å². The van der Waals surface area contributed by atoms with E-state index in [2.05, 4.69) is 38.2 Å². The second-order valence-electron chi connectivity index (χ2n) is 19.0. The number of hydrogen-bond acceptors (Lipinski definition) is 5. The summed E-state index contributed by atoms with van der Waals surface area (Å²) in [6, 6.07) is 0. The summed E-state index contributed by atoms with van der Waals surface area (Å²) < 4.78 is 10.7. The first kappa shape index (κ1) is 60.4. The SMILES string of the molecule is CCCCCC/C=C\C/C=C\CCCCCCCCCC(=O)OC(CO)COC(=O)CCCCCCCCCCCCCCCCCCCCCCCCCCCCCCCC. The van der Waals surface area contributed by atoms with Crippen LogP contribution in [0.5, 0.6) is 0 Å². The van der Waals surface area contributed by atoms with E-state index in [0.29, 0.717) is 12.8 Å². The van der Waals surface area contributed by atoms with Gasteiger partial charge in [-0.1, -0.05) is 276 Å². The molecule has 0 fully saturated rings. The van der Waals surface area contributed by atoms with Crippen molar-refractivity contribution in [3.63, 3.8) is 0 Å². The van der Waals surface area contributed by atoms with Crippen molar-refractivity contribution in [2.45, 2.75) is 315 Å². The summed E-state index contributed by atoms with van der Waals surface area (Å²) in [4.78, 5) is 24.5. The number of unbranched alkanes of at least 4 members (excludes halogenated alkanes) is 40. The Morgan fingerprint density at radius 2 is 0.645 bits per heavy atom. The summed E-state index contributed by atoms with van der Waals surface area (Å²) in [5, 5.41) is 9.63. The van der Waals surface area contributed by atoms with Gasteiger partial charge in [0.1, 0.15) is 6.61 Å². The van der Waals surface area contributed by atoms with Crippen molar-refractivity contribution in [3.05, 3.63) is 24.3 Å². The smallest absolute Gasteiger partial charge is 0.306 e. The molecule has 366 valence electrons. The molecule has 0 saturated heterocycles. The molecule has 0 aliphatic carbocycles. The average Bonchev–Trinajstić information content (AvgIpc) is 3.28. The molecule has 0 bridgehead atoms. The molecular formula is C57H108O5. The molecule has 0 aliphatic rings. The highest BCUT2D eigenvalue weighted by molar-refractivity contribution is 5.70. The number of hydrogen-bond donors (Lipinski definition) is 1. The van der Waals surface area contributed by atoms with Gasteiger partial charge in [0.25, 0.3) is 0 Å². The number of esters is 2.